The zero-order chi connectivity index (χ0) is 22.9. The number of rotatable bonds is 3. The molecular formula is C27H34N2O3. The van der Waals surface area contributed by atoms with Crippen molar-refractivity contribution in [2.45, 2.75) is 57.7 Å². The Bertz CT molecular complexity index is 938. The van der Waals surface area contributed by atoms with Gasteiger partial charge >= 0.3 is 6.09 Å². The maximum Gasteiger partial charge on any atom is 0.410 e. The van der Waals surface area contributed by atoms with Gasteiger partial charge in [0.2, 0.25) is 0 Å². The Morgan fingerprint density at radius 3 is 2.28 bits per heavy atom. The lowest BCUT2D eigenvalue weighted by atomic mass is 9.82. The van der Waals surface area contributed by atoms with Crippen LogP contribution in [0.15, 0.2) is 60.7 Å². The summed E-state index contributed by atoms with van der Waals surface area (Å²) in [4.78, 5) is 30.4. The SMILES string of the molecule is C[C@H](c1ccccc1)N1C[C@@H](c2ccccc2)[C@H]2C(=O)CN(C(=O)OC(C)(C)C)CC[C@@H]21. The second-order valence-electron chi connectivity index (χ2n) is 10.1. The molecule has 0 radical (unpaired) electrons. The van der Waals surface area contributed by atoms with Gasteiger partial charge in [-0.25, -0.2) is 4.79 Å². The van der Waals surface area contributed by atoms with E-state index in [1.54, 1.807) is 4.90 Å². The van der Waals surface area contributed by atoms with Crippen molar-refractivity contribution in [3.05, 3.63) is 71.8 Å². The molecule has 2 aromatic carbocycles. The van der Waals surface area contributed by atoms with Crippen molar-refractivity contribution in [3.8, 4) is 0 Å². The Morgan fingerprint density at radius 1 is 1.03 bits per heavy atom. The number of likely N-dealkylation sites (tertiary alicyclic amines) is 2. The molecule has 0 N–H and O–H groups in total. The van der Waals surface area contributed by atoms with Crippen LogP contribution >= 0.6 is 0 Å². The van der Waals surface area contributed by atoms with Crippen LogP contribution in [0.1, 0.15) is 57.2 Å². The summed E-state index contributed by atoms with van der Waals surface area (Å²) in [6, 6.07) is 21.1. The highest BCUT2D eigenvalue weighted by molar-refractivity contribution is 5.88. The second kappa shape index (κ2) is 9.07. The zero-order valence-electron chi connectivity index (χ0n) is 19.5. The number of nitrogens with zero attached hydrogens (tertiary/aromatic N) is 2. The molecule has 2 aromatic rings. The number of Topliss-reactive ketones (excluding diaryl/α,β-unsaturated/α-hetero) is 1. The predicted molar refractivity (Wildman–Crippen MR) is 125 cm³/mol. The molecule has 32 heavy (non-hydrogen) atoms. The van der Waals surface area contributed by atoms with Gasteiger partial charge in [-0.05, 0) is 45.2 Å². The van der Waals surface area contributed by atoms with Crippen LogP contribution in [0.3, 0.4) is 0 Å². The molecule has 0 bridgehead atoms. The molecule has 4 rings (SSSR count). The van der Waals surface area contributed by atoms with Crippen LogP contribution in [0.4, 0.5) is 4.79 Å². The summed E-state index contributed by atoms with van der Waals surface area (Å²) in [7, 11) is 0. The number of ketones is 1. The van der Waals surface area contributed by atoms with E-state index in [1.165, 1.54) is 11.1 Å². The van der Waals surface area contributed by atoms with E-state index in [1.807, 2.05) is 45.0 Å². The summed E-state index contributed by atoms with van der Waals surface area (Å²) in [6.45, 7) is 9.28. The molecule has 1 amide bonds. The fourth-order valence-electron chi connectivity index (χ4n) is 5.26. The summed E-state index contributed by atoms with van der Waals surface area (Å²) < 4.78 is 5.58. The van der Waals surface area contributed by atoms with Crippen LogP contribution in [0, 0.1) is 5.92 Å². The van der Waals surface area contributed by atoms with Crippen LogP contribution < -0.4 is 0 Å². The highest BCUT2D eigenvalue weighted by Crippen LogP contribution is 2.44. The van der Waals surface area contributed by atoms with Gasteiger partial charge in [-0.3, -0.25) is 9.69 Å². The molecule has 4 atom stereocenters. The van der Waals surface area contributed by atoms with E-state index < -0.39 is 11.7 Å². The first kappa shape index (κ1) is 22.5. The molecule has 2 saturated heterocycles. The monoisotopic (exact) mass is 434 g/mol. The van der Waals surface area contributed by atoms with E-state index in [0.717, 1.165) is 13.0 Å². The van der Waals surface area contributed by atoms with Gasteiger partial charge in [0.25, 0.3) is 0 Å². The Balaban J connectivity index is 1.64. The molecule has 5 nitrogen and oxygen atoms in total. The van der Waals surface area contributed by atoms with Crippen molar-refractivity contribution in [1.82, 2.24) is 9.80 Å². The summed E-state index contributed by atoms with van der Waals surface area (Å²) in [5.41, 5.74) is 1.87. The molecule has 2 aliphatic rings. The third-order valence-corrected chi connectivity index (χ3v) is 6.75. The number of fused-ring (bicyclic) bond motifs is 1. The molecule has 2 fully saturated rings. The first-order chi connectivity index (χ1) is 15.2. The minimum Gasteiger partial charge on any atom is -0.444 e. The third-order valence-electron chi connectivity index (χ3n) is 6.75. The van der Waals surface area contributed by atoms with Gasteiger partial charge in [0.1, 0.15) is 5.60 Å². The van der Waals surface area contributed by atoms with E-state index >= 15 is 0 Å². The first-order valence-corrected chi connectivity index (χ1v) is 11.6. The lowest BCUT2D eigenvalue weighted by molar-refractivity contribution is -0.124. The Kier molecular flexibility index (Phi) is 6.38. The van der Waals surface area contributed by atoms with Crippen molar-refractivity contribution in [3.63, 3.8) is 0 Å². The van der Waals surface area contributed by atoms with Gasteiger partial charge in [0, 0.05) is 37.0 Å². The fraction of sp³-hybridized carbons (Fsp3) is 0.481. The Labute approximate surface area is 191 Å². The van der Waals surface area contributed by atoms with Gasteiger partial charge < -0.3 is 9.64 Å². The van der Waals surface area contributed by atoms with Crippen molar-refractivity contribution in [1.29, 1.82) is 0 Å². The van der Waals surface area contributed by atoms with E-state index in [4.69, 9.17) is 4.74 Å². The van der Waals surface area contributed by atoms with Crippen molar-refractivity contribution in [2.75, 3.05) is 19.6 Å². The molecule has 0 aliphatic carbocycles. The lowest BCUT2D eigenvalue weighted by Gasteiger charge is -2.32. The number of amides is 1. The van der Waals surface area contributed by atoms with Gasteiger partial charge in [-0.2, -0.15) is 0 Å². The summed E-state index contributed by atoms with van der Waals surface area (Å²) in [5, 5.41) is 0. The van der Waals surface area contributed by atoms with Crippen LogP contribution in [-0.4, -0.2) is 53.0 Å². The van der Waals surface area contributed by atoms with Crippen molar-refractivity contribution < 1.29 is 14.3 Å². The highest BCUT2D eigenvalue weighted by atomic mass is 16.6. The average Bonchev–Trinajstić information content (AvgIpc) is 3.06. The molecule has 0 spiro atoms. The van der Waals surface area contributed by atoms with Crippen molar-refractivity contribution in [2.24, 2.45) is 5.92 Å². The van der Waals surface area contributed by atoms with Crippen LogP contribution in [0.25, 0.3) is 0 Å². The molecule has 170 valence electrons. The van der Waals surface area contributed by atoms with Gasteiger partial charge in [0.05, 0.1) is 6.54 Å². The maximum atomic E-state index is 13.6. The standard InChI is InChI=1S/C27H34N2O3/c1-19(20-11-7-5-8-12-20)29-17-22(21-13-9-6-10-14-21)25-23(29)15-16-28(18-24(25)30)26(31)32-27(2,3)4/h5-14,19,22-23,25H,15-18H2,1-4H3/t19-,22+,23+,25-/m1/s1. The van der Waals surface area contributed by atoms with Crippen LogP contribution in [0.5, 0.6) is 0 Å². The molecule has 2 heterocycles. The molecule has 0 unspecified atom stereocenters. The Hall–Kier alpha value is -2.66. The summed E-state index contributed by atoms with van der Waals surface area (Å²) in [6.07, 6.45) is 0.362. The number of hydrogen-bond acceptors (Lipinski definition) is 4. The molecular weight excluding hydrogens is 400 g/mol. The lowest BCUT2D eigenvalue weighted by Crippen LogP contribution is -2.40. The first-order valence-electron chi connectivity index (χ1n) is 11.6. The molecule has 2 aliphatic heterocycles. The third kappa shape index (κ3) is 4.73. The quantitative estimate of drug-likeness (QED) is 0.679. The second-order valence-corrected chi connectivity index (χ2v) is 10.1. The Morgan fingerprint density at radius 2 is 1.66 bits per heavy atom. The molecule has 5 heteroatoms. The van der Waals surface area contributed by atoms with Crippen molar-refractivity contribution >= 4 is 11.9 Å². The zero-order valence-corrected chi connectivity index (χ0v) is 19.5. The number of hydrogen-bond donors (Lipinski definition) is 0. The van der Waals surface area contributed by atoms with E-state index in [-0.39, 0.29) is 36.2 Å². The highest BCUT2D eigenvalue weighted by Gasteiger charge is 2.49. The molecule has 0 saturated carbocycles. The minimum atomic E-state index is -0.581. The normalized spacial score (nSPS) is 25.2. The molecule has 0 aromatic heterocycles. The maximum absolute atomic E-state index is 13.6. The van der Waals surface area contributed by atoms with E-state index in [0.29, 0.717) is 6.54 Å². The van der Waals surface area contributed by atoms with E-state index in [9.17, 15) is 9.59 Å². The largest absolute Gasteiger partial charge is 0.444 e. The number of ether oxygens (including phenoxy) is 1. The summed E-state index contributed by atoms with van der Waals surface area (Å²) in [5.74, 6) is 0.129. The predicted octanol–water partition coefficient (Wildman–Crippen LogP) is 5.04. The van der Waals surface area contributed by atoms with Gasteiger partial charge in [-0.15, -0.1) is 0 Å². The average molecular weight is 435 g/mol. The number of benzene rings is 2. The topological polar surface area (TPSA) is 49.9 Å². The summed E-state index contributed by atoms with van der Waals surface area (Å²) >= 11 is 0. The van der Waals surface area contributed by atoms with Crippen LogP contribution in [0.2, 0.25) is 0 Å². The number of carbonyl (C=O) groups is 2. The fourth-order valence-corrected chi connectivity index (χ4v) is 5.26. The minimum absolute atomic E-state index is 0.0929. The van der Waals surface area contributed by atoms with Crippen LogP contribution in [-0.2, 0) is 9.53 Å². The van der Waals surface area contributed by atoms with E-state index in [2.05, 4.69) is 48.2 Å². The number of carbonyl (C=O) groups excluding carboxylic acids is 2. The smallest absolute Gasteiger partial charge is 0.410 e. The van der Waals surface area contributed by atoms with Gasteiger partial charge in [-0.1, -0.05) is 60.7 Å². The van der Waals surface area contributed by atoms with Gasteiger partial charge in [0.15, 0.2) is 5.78 Å².